The molecule has 1 aromatic rings. The summed E-state index contributed by atoms with van der Waals surface area (Å²) in [7, 11) is 0. The average Bonchev–Trinajstić information content (AvgIpc) is 3.08. The fourth-order valence-electron chi connectivity index (χ4n) is 3.06. The first kappa shape index (κ1) is 14.0. The summed E-state index contributed by atoms with van der Waals surface area (Å²) in [6, 6.07) is 0. The third-order valence-corrected chi connectivity index (χ3v) is 4.18. The summed E-state index contributed by atoms with van der Waals surface area (Å²) < 4.78 is 6.58. The Balaban J connectivity index is 2.11. The predicted molar refractivity (Wildman–Crippen MR) is 70.2 cm³/mol. The number of H-pyrrole nitrogens is 1. The third kappa shape index (κ3) is 1.78. The molecule has 3 rings (SSSR count). The van der Waals surface area contributed by atoms with Gasteiger partial charge in [0.15, 0.2) is 11.8 Å². The van der Waals surface area contributed by atoms with Crippen molar-refractivity contribution in [3.05, 3.63) is 27.0 Å². The van der Waals surface area contributed by atoms with E-state index in [0.29, 0.717) is 6.42 Å². The molecule has 0 spiro atoms. The highest BCUT2D eigenvalue weighted by Crippen LogP contribution is 2.65. The largest absolute Gasteiger partial charge is 0.390 e. The lowest BCUT2D eigenvalue weighted by atomic mass is 9.95. The maximum atomic E-state index is 11.9. The Hall–Kier alpha value is -1.95. The molecule has 112 valence electrons. The van der Waals surface area contributed by atoms with E-state index in [9.17, 15) is 19.8 Å². The number of fused-ring (bicyclic) bond motifs is 1. The van der Waals surface area contributed by atoms with E-state index in [2.05, 4.69) is 21.9 Å². The number of hydrogen-bond donors (Lipinski definition) is 3. The molecular weight excluding hydrogens is 278 g/mol. The molecule has 2 aliphatic rings. The van der Waals surface area contributed by atoms with Gasteiger partial charge in [-0.15, -0.1) is 5.92 Å². The van der Waals surface area contributed by atoms with Crippen LogP contribution in [0, 0.1) is 17.8 Å². The number of ether oxygens (including phenoxy) is 1. The smallest absolute Gasteiger partial charge is 0.347 e. The van der Waals surface area contributed by atoms with Crippen LogP contribution in [-0.4, -0.2) is 42.3 Å². The van der Waals surface area contributed by atoms with Crippen molar-refractivity contribution in [1.82, 2.24) is 14.8 Å². The molecule has 5 atom stereocenters. The summed E-state index contributed by atoms with van der Waals surface area (Å²) in [5, 5.41) is 24.4. The molecule has 2 heterocycles. The van der Waals surface area contributed by atoms with Crippen LogP contribution in [0.25, 0.3) is 0 Å². The maximum absolute atomic E-state index is 11.9. The molecule has 1 saturated heterocycles. The molecule has 3 unspecified atom stereocenters. The summed E-state index contributed by atoms with van der Waals surface area (Å²) >= 11 is 0. The monoisotopic (exact) mass is 293 g/mol. The van der Waals surface area contributed by atoms with Crippen molar-refractivity contribution >= 4 is 0 Å². The van der Waals surface area contributed by atoms with Crippen molar-refractivity contribution in [3.63, 3.8) is 0 Å². The van der Waals surface area contributed by atoms with Crippen molar-refractivity contribution in [2.75, 3.05) is 0 Å². The van der Waals surface area contributed by atoms with Gasteiger partial charge in [0.2, 0.25) is 0 Å². The number of aliphatic hydroxyl groups is 2. The summed E-state index contributed by atoms with van der Waals surface area (Å²) in [6.07, 6.45) is -0.632. The van der Waals surface area contributed by atoms with Crippen LogP contribution in [0.3, 0.4) is 0 Å². The highest BCUT2D eigenvalue weighted by atomic mass is 16.6. The minimum Gasteiger partial charge on any atom is -0.390 e. The van der Waals surface area contributed by atoms with E-state index in [1.54, 1.807) is 13.8 Å². The van der Waals surface area contributed by atoms with Crippen molar-refractivity contribution < 1.29 is 14.9 Å². The zero-order valence-electron chi connectivity index (χ0n) is 11.5. The van der Waals surface area contributed by atoms with Crippen LogP contribution >= 0.6 is 0 Å². The fraction of sp³-hybridized carbons (Fsp3) is 0.615. The van der Waals surface area contributed by atoms with Gasteiger partial charge in [-0.2, -0.15) is 9.78 Å². The van der Waals surface area contributed by atoms with E-state index in [4.69, 9.17) is 4.74 Å². The SMILES string of the molecule is CC#CC1(O)C2CC2([C@@H](C)O)O[C@H]1n1ncc(=O)[nH]c1=O. The highest BCUT2D eigenvalue weighted by Gasteiger charge is 2.76. The van der Waals surface area contributed by atoms with E-state index in [1.807, 2.05) is 0 Å². The predicted octanol–water partition coefficient (Wildman–Crippen LogP) is -1.65. The molecule has 8 heteroatoms. The van der Waals surface area contributed by atoms with Crippen molar-refractivity contribution in [1.29, 1.82) is 0 Å². The molecule has 0 radical (unpaired) electrons. The van der Waals surface area contributed by atoms with E-state index < -0.39 is 40.7 Å². The number of aromatic amines is 1. The number of rotatable bonds is 2. The summed E-state index contributed by atoms with van der Waals surface area (Å²) in [5.41, 5.74) is -4.01. The Morgan fingerprint density at radius 1 is 1.62 bits per heavy atom. The van der Waals surface area contributed by atoms with Crippen LogP contribution in [0.5, 0.6) is 0 Å². The van der Waals surface area contributed by atoms with Crippen LogP contribution in [0.1, 0.15) is 26.5 Å². The zero-order valence-corrected chi connectivity index (χ0v) is 11.5. The van der Waals surface area contributed by atoms with Gasteiger partial charge in [0.1, 0.15) is 11.8 Å². The molecule has 1 aliphatic carbocycles. The normalized spacial score (nSPS) is 38.3. The molecule has 3 N–H and O–H groups in total. The maximum Gasteiger partial charge on any atom is 0.347 e. The Bertz CT molecular complexity index is 757. The number of nitrogens with one attached hydrogen (secondary N) is 1. The molecule has 0 amide bonds. The molecular formula is C13H15N3O5. The molecule has 2 fully saturated rings. The fourth-order valence-corrected chi connectivity index (χ4v) is 3.06. The van der Waals surface area contributed by atoms with Gasteiger partial charge in [0.05, 0.1) is 6.10 Å². The lowest BCUT2D eigenvalue weighted by Gasteiger charge is -2.27. The van der Waals surface area contributed by atoms with Gasteiger partial charge in [-0.25, -0.2) is 4.79 Å². The molecule has 1 aliphatic heterocycles. The quantitative estimate of drug-likeness (QED) is 0.563. The zero-order chi connectivity index (χ0) is 15.4. The third-order valence-electron chi connectivity index (χ3n) is 4.18. The van der Waals surface area contributed by atoms with Crippen LogP contribution in [0.4, 0.5) is 0 Å². The molecule has 21 heavy (non-hydrogen) atoms. The number of nitrogens with zero attached hydrogens (tertiary/aromatic N) is 2. The molecule has 1 aromatic heterocycles. The van der Waals surface area contributed by atoms with E-state index >= 15 is 0 Å². The second-order valence-corrected chi connectivity index (χ2v) is 5.44. The summed E-state index contributed by atoms with van der Waals surface area (Å²) in [6.45, 7) is 3.12. The first-order valence-electron chi connectivity index (χ1n) is 6.55. The van der Waals surface area contributed by atoms with Crippen LogP contribution < -0.4 is 11.2 Å². The van der Waals surface area contributed by atoms with Crippen LogP contribution in [-0.2, 0) is 4.74 Å². The van der Waals surface area contributed by atoms with Gasteiger partial charge in [-0.05, 0) is 20.3 Å². The van der Waals surface area contributed by atoms with Gasteiger partial charge in [0, 0.05) is 5.92 Å². The first-order valence-corrected chi connectivity index (χ1v) is 6.55. The highest BCUT2D eigenvalue weighted by molar-refractivity contribution is 5.32. The number of hydrogen-bond acceptors (Lipinski definition) is 6. The van der Waals surface area contributed by atoms with Gasteiger partial charge >= 0.3 is 5.69 Å². The molecule has 0 bridgehead atoms. The molecule has 1 saturated carbocycles. The van der Waals surface area contributed by atoms with Crippen LogP contribution in [0.15, 0.2) is 15.8 Å². The topological polar surface area (TPSA) is 117 Å². The average molecular weight is 293 g/mol. The second-order valence-electron chi connectivity index (χ2n) is 5.44. The van der Waals surface area contributed by atoms with Crippen molar-refractivity contribution in [2.24, 2.45) is 5.92 Å². The van der Waals surface area contributed by atoms with Gasteiger partial charge in [-0.1, -0.05) is 5.92 Å². The number of aliphatic hydroxyl groups excluding tert-OH is 1. The van der Waals surface area contributed by atoms with Gasteiger partial charge in [-0.3, -0.25) is 9.78 Å². The Kier molecular flexibility index (Phi) is 2.85. The van der Waals surface area contributed by atoms with Crippen molar-refractivity contribution in [3.8, 4) is 11.8 Å². The van der Waals surface area contributed by atoms with E-state index in [1.165, 1.54) is 0 Å². The summed E-state index contributed by atoms with van der Waals surface area (Å²) in [4.78, 5) is 25.0. The molecule has 0 aromatic carbocycles. The lowest BCUT2D eigenvalue weighted by Crippen LogP contribution is -2.45. The van der Waals surface area contributed by atoms with Crippen molar-refractivity contribution in [2.45, 2.75) is 43.8 Å². The standard InChI is InChI=1S/C13H15N3O5/c1-3-4-12(20)8-5-13(8,7(2)17)21-10(12)16-11(19)15-9(18)6-14-16/h6-8,10,17,20H,5H2,1-2H3,(H,15,18,19)/t7-,8?,10-,12?,13?/m1/s1. The lowest BCUT2D eigenvalue weighted by molar-refractivity contribution is -0.134. The first-order chi connectivity index (χ1) is 9.85. The minimum atomic E-state index is -1.64. The number of aromatic nitrogens is 3. The Labute approximate surface area is 119 Å². The summed E-state index contributed by atoms with van der Waals surface area (Å²) in [5.74, 6) is 4.86. The van der Waals surface area contributed by atoms with E-state index in [0.717, 1.165) is 10.9 Å². The Morgan fingerprint density at radius 3 is 2.90 bits per heavy atom. The van der Waals surface area contributed by atoms with Gasteiger partial charge in [0.25, 0.3) is 5.56 Å². The van der Waals surface area contributed by atoms with Crippen LogP contribution in [0.2, 0.25) is 0 Å². The molecule has 8 nitrogen and oxygen atoms in total. The Morgan fingerprint density at radius 2 is 2.33 bits per heavy atom. The van der Waals surface area contributed by atoms with E-state index in [-0.39, 0.29) is 0 Å². The minimum absolute atomic E-state index is 0.414. The second kappa shape index (κ2) is 4.27. The van der Waals surface area contributed by atoms with Gasteiger partial charge < -0.3 is 14.9 Å².